The van der Waals surface area contributed by atoms with Crippen LogP contribution in [-0.4, -0.2) is 39.0 Å². The summed E-state index contributed by atoms with van der Waals surface area (Å²) >= 11 is 1.42. The van der Waals surface area contributed by atoms with Crippen molar-refractivity contribution in [3.8, 4) is 11.3 Å². The maximum absolute atomic E-state index is 12.7. The van der Waals surface area contributed by atoms with Gasteiger partial charge in [-0.1, -0.05) is 30.3 Å². The molecule has 5 aromatic rings. The van der Waals surface area contributed by atoms with Gasteiger partial charge in [-0.25, -0.2) is 4.98 Å². The molecule has 0 aliphatic rings. The molecule has 3 aromatic heterocycles. The number of ether oxygens (including phenoxy) is 1. The third-order valence-electron chi connectivity index (χ3n) is 5.45. The summed E-state index contributed by atoms with van der Waals surface area (Å²) in [6.45, 7) is 2.07. The summed E-state index contributed by atoms with van der Waals surface area (Å²) in [5.74, 6) is -0.177. The van der Waals surface area contributed by atoms with Gasteiger partial charge in [-0.15, -0.1) is 11.3 Å². The van der Waals surface area contributed by atoms with Gasteiger partial charge in [0, 0.05) is 59.7 Å². The van der Waals surface area contributed by atoms with Gasteiger partial charge in [0.15, 0.2) is 5.13 Å². The van der Waals surface area contributed by atoms with Crippen LogP contribution in [0.4, 0.5) is 5.13 Å². The fourth-order valence-electron chi connectivity index (χ4n) is 3.79. The van der Waals surface area contributed by atoms with Crippen LogP contribution in [0, 0.1) is 0 Å². The van der Waals surface area contributed by atoms with E-state index < -0.39 is 0 Å². The van der Waals surface area contributed by atoms with Crippen molar-refractivity contribution in [3.05, 3.63) is 89.7 Å². The lowest BCUT2D eigenvalue weighted by Gasteiger charge is -2.05. The second kappa shape index (κ2) is 9.40. The van der Waals surface area contributed by atoms with Gasteiger partial charge in [0.05, 0.1) is 18.8 Å². The molecular weight excluding hydrogens is 434 g/mol. The quantitative estimate of drug-likeness (QED) is 0.359. The lowest BCUT2D eigenvalue weighted by molar-refractivity contribution is 0.102. The molecule has 8 heteroatoms. The zero-order valence-electron chi connectivity index (χ0n) is 18.1. The lowest BCUT2D eigenvalue weighted by Crippen LogP contribution is -2.11. The number of rotatable bonds is 8. The molecule has 33 heavy (non-hydrogen) atoms. The second-order valence-electron chi connectivity index (χ2n) is 7.64. The molecule has 0 aliphatic heterocycles. The third kappa shape index (κ3) is 4.57. The number of amides is 1. The van der Waals surface area contributed by atoms with Gasteiger partial charge < -0.3 is 9.30 Å². The van der Waals surface area contributed by atoms with Crippen LogP contribution in [0.2, 0.25) is 0 Å². The molecule has 0 bridgehead atoms. The Morgan fingerprint density at radius 3 is 2.76 bits per heavy atom. The number of fused-ring (bicyclic) bond motifs is 1. The van der Waals surface area contributed by atoms with Crippen LogP contribution in [0.25, 0.3) is 22.2 Å². The van der Waals surface area contributed by atoms with E-state index in [1.54, 1.807) is 13.3 Å². The maximum atomic E-state index is 12.7. The highest BCUT2D eigenvalue weighted by atomic mass is 32.1. The van der Waals surface area contributed by atoms with Crippen LogP contribution < -0.4 is 5.32 Å². The van der Waals surface area contributed by atoms with Gasteiger partial charge >= 0.3 is 0 Å². The summed E-state index contributed by atoms with van der Waals surface area (Å²) in [5, 5.41) is 10.8. The van der Waals surface area contributed by atoms with E-state index in [1.807, 2.05) is 58.7 Å². The lowest BCUT2D eigenvalue weighted by atomic mass is 10.1. The van der Waals surface area contributed by atoms with Crippen LogP contribution in [0.1, 0.15) is 15.9 Å². The number of para-hydroxylation sites is 1. The summed E-state index contributed by atoms with van der Waals surface area (Å²) in [5.41, 5.74) is 4.70. The SMILES string of the molecule is COCCn1cc(-c2csc(NC(=O)c3ccc(Cn4cccn4)cc3)n2)c2ccccc21. The number of methoxy groups -OCH3 is 1. The zero-order valence-corrected chi connectivity index (χ0v) is 19.0. The van der Waals surface area contributed by atoms with Crippen molar-refractivity contribution in [2.24, 2.45) is 0 Å². The fraction of sp³-hybridized carbons (Fsp3) is 0.160. The monoisotopic (exact) mass is 457 g/mol. The molecule has 1 amide bonds. The number of carbonyl (C=O) groups is 1. The van der Waals surface area contributed by atoms with Crippen molar-refractivity contribution in [3.63, 3.8) is 0 Å². The van der Waals surface area contributed by atoms with Gasteiger partial charge in [-0.2, -0.15) is 5.10 Å². The van der Waals surface area contributed by atoms with Gasteiger partial charge in [-0.05, 0) is 29.8 Å². The first-order chi connectivity index (χ1) is 16.2. The molecule has 0 fully saturated rings. The Morgan fingerprint density at radius 2 is 1.97 bits per heavy atom. The first-order valence-corrected chi connectivity index (χ1v) is 11.5. The van der Waals surface area contributed by atoms with Gasteiger partial charge in [0.1, 0.15) is 0 Å². The number of benzene rings is 2. The Morgan fingerprint density at radius 1 is 1.12 bits per heavy atom. The van der Waals surface area contributed by atoms with Crippen molar-refractivity contribution in [2.75, 3.05) is 19.0 Å². The average Bonchev–Trinajstić information content (AvgIpc) is 3.59. The summed E-state index contributed by atoms with van der Waals surface area (Å²) in [6.07, 6.45) is 5.76. The van der Waals surface area contributed by atoms with Crippen LogP contribution in [0.3, 0.4) is 0 Å². The highest BCUT2D eigenvalue weighted by Crippen LogP contribution is 2.32. The second-order valence-corrected chi connectivity index (χ2v) is 8.50. The van der Waals surface area contributed by atoms with E-state index in [0.29, 0.717) is 23.8 Å². The van der Waals surface area contributed by atoms with Crippen LogP contribution >= 0.6 is 11.3 Å². The minimum atomic E-state index is -0.177. The number of nitrogens with one attached hydrogen (secondary N) is 1. The third-order valence-corrected chi connectivity index (χ3v) is 6.20. The molecule has 5 rings (SSSR count). The number of hydrogen-bond acceptors (Lipinski definition) is 5. The van der Waals surface area contributed by atoms with Crippen molar-refractivity contribution in [1.82, 2.24) is 19.3 Å². The van der Waals surface area contributed by atoms with Crippen molar-refractivity contribution in [1.29, 1.82) is 0 Å². The van der Waals surface area contributed by atoms with Gasteiger partial charge in [-0.3, -0.25) is 14.8 Å². The first kappa shape index (κ1) is 21.1. The molecule has 0 unspecified atom stereocenters. The molecule has 166 valence electrons. The largest absolute Gasteiger partial charge is 0.383 e. The molecule has 0 saturated carbocycles. The predicted octanol–water partition coefficient (Wildman–Crippen LogP) is 4.91. The molecule has 1 N–H and O–H groups in total. The van der Waals surface area contributed by atoms with E-state index in [0.717, 1.165) is 34.3 Å². The molecule has 0 spiro atoms. The number of thiazole rings is 1. The van der Waals surface area contributed by atoms with Gasteiger partial charge in [0.25, 0.3) is 5.91 Å². The summed E-state index contributed by atoms with van der Waals surface area (Å²) in [7, 11) is 1.70. The number of aromatic nitrogens is 4. The minimum Gasteiger partial charge on any atom is -0.383 e. The fourth-order valence-corrected chi connectivity index (χ4v) is 4.50. The van der Waals surface area contributed by atoms with E-state index in [-0.39, 0.29) is 5.91 Å². The Kier molecular flexibility index (Phi) is 6.01. The molecule has 0 saturated heterocycles. The predicted molar refractivity (Wildman–Crippen MR) is 131 cm³/mol. The number of hydrogen-bond donors (Lipinski definition) is 1. The molecule has 0 radical (unpaired) electrons. The number of carbonyl (C=O) groups excluding carboxylic acids is 1. The first-order valence-electron chi connectivity index (χ1n) is 10.6. The summed E-state index contributed by atoms with van der Waals surface area (Å²) in [6, 6.07) is 17.7. The van der Waals surface area contributed by atoms with E-state index >= 15 is 0 Å². The standard InChI is InChI=1S/C25H23N5O2S/c1-32-14-13-29-16-21(20-5-2-3-6-23(20)29)22-17-33-25(27-22)28-24(31)19-9-7-18(8-10-19)15-30-12-4-11-26-30/h2-12,16-17H,13-15H2,1H3,(H,27,28,31). The highest BCUT2D eigenvalue weighted by Gasteiger charge is 2.14. The number of nitrogens with zero attached hydrogens (tertiary/aromatic N) is 4. The molecule has 3 heterocycles. The van der Waals surface area contributed by atoms with Crippen LogP contribution in [-0.2, 0) is 17.8 Å². The highest BCUT2D eigenvalue weighted by molar-refractivity contribution is 7.14. The van der Waals surface area contributed by atoms with Crippen LogP contribution in [0.15, 0.2) is 78.6 Å². The van der Waals surface area contributed by atoms with E-state index in [4.69, 9.17) is 4.74 Å². The zero-order chi connectivity index (χ0) is 22.6. The molecule has 2 aromatic carbocycles. The van der Waals surface area contributed by atoms with E-state index in [9.17, 15) is 4.79 Å². The van der Waals surface area contributed by atoms with Crippen LogP contribution in [0.5, 0.6) is 0 Å². The smallest absolute Gasteiger partial charge is 0.257 e. The maximum Gasteiger partial charge on any atom is 0.257 e. The molecule has 0 atom stereocenters. The molecule has 0 aliphatic carbocycles. The topological polar surface area (TPSA) is 74.0 Å². The number of anilines is 1. The van der Waals surface area contributed by atoms with Crippen molar-refractivity contribution in [2.45, 2.75) is 13.1 Å². The minimum absolute atomic E-state index is 0.177. The average molecular weight is 458 g/mol. The Bertz CT molecular complexity index is 1370. The molecular formula is C25H23N5O2S. The van der Waals surface area contributed by atoms with E-state index in [1.165, 1.54) is 11.3 Å². The Labute approximate surface area is 195 Å². The summed E-state index contributed by atoms with van der Waals surface area (Å²) in [4.78, 5) is 17.4. The van der Waals surface area contributed by atoms with E-state index in [2.05, 4.69) is 38.3 Å². The Balaban J connectivity index is 1.32. The normalized spacial score (nSPS) is 11.2. The molecule has 7 nitrogen and oxygen atoms in total. The van der Waals surface area contributed by atoms with Gasteiger partial charge in [0.2, 0.25) is 0 Å². The Hall–Kier alpha value is -3.75. The van der Waals surface area contributed by atoms with Crippen molar-refractivity contribution >= 4 is 33.3 Å². The summed E-state index contributed by atoms with van der Waals surface area (Å²) < 4.78 is 9.27. The van der Waals surface area contributed by atoms with Crippen molar-refractivity contribution < 1.29 is 9.53 Å².